The molecule has 0 aliphatic rings. The third-order valence-corrected chi connectivity index (χ3v) is 1.77. The molecule has 0 saturated carbocycles. The molecule has 0 unspecified atom stereocenters. The van der Waals surface area contributed by atoms with E-state index in [1.807, 2.05) is 0 Å². The molecule has 1 aromatic rings. The Labute approximate surface area is 81.6 Å². The summed E-state index contributed by atoms with van der Waals surface area (Å²) in [5.41, 5.74) is 0.122. The Morgan fingerprint density at radius 1 is 1.57 bits per heavy atom. The summed E-state index contributed by atoms with van der Waals surface area (Å²) < 4.78 is 18.2. The monoisotopic (exact) mass is 197 g/mol. The molecule has 0 saturated heterocycles. The van der Waals surface area contributed by atoms with Gasteiger partial charge in [-0.25, -0.2) is 10.2 Å². The minimum Gasteiger partial charge on any atom is -0.497 e. The molecule has 4 nitrogen and oxygen atoms in total. The number of rotatable bonds is 2. The summed E-state index contributed by atoms with van der Waals surface area (Å²) in [5, 5.41) is 8.21. The van der Waals surface area contributed by atoms with Crippen molar-refractivity contribution in [2.75, 3.05) is 12.1 Å². The van der Waals surface area contributed by atoms with Gasteiger partial charge in [-0.3, -0.25) is 10.4 Å². The molecule has 0 amide bonds. The Hall–Kier alpha value is -1.62. The van der Waals surface area contributed by atoms with Crippen molar-refractivity contribution in [1.29, 1.82) is 5.41 Å². The van der Waals surface area contributed by atoms with Crippen LogP contribution in [0.1, 0.15) is 6.92 Å². The highest BCUT2D eigenvalue weighted by Gasteiger charge is 2.10. The zero-order valence-electron chi connectivity index (χ0n) is 8.04. The van der Waals surface area contributed by atoms with Crippen LogP contribution >= 0.6 is 0 Å². The van der Waals surface area contributed by atoms with Crippen molar-refractivity contribution in [1.82, 2.24) is 0 Å². The van der Waals surface area contributed by atoms with Crippen molar-refractivity contribution < 1.29 is 9.13 Å². The molecule has 0 heterocycles. The molecule has 3 N–H and O–H groups in total. The van der Waals surface area contributed by atoms with E-state index in [9.17, 15) is 4.39 Å². The topological polar surface area (TPSA) is 62.3 Å². The van der Waals surface area contributed by atoms with Crippen LogP contribution in [-0.4, -0.2) is 12.9 Å². The maximum atomic E-state index is 13.2. The average molecular weight is 197 g/mol. The van der Waals surface area contributed by atoms with Crippen molar-refractivity contribution in [3.63, 3.8) is 0 Å². The summed E-state index contributed by atoms with van der Waals surface area (Å²) >= 11 is 0. The van der Waals surface area contributed by atoms with E-state index >= 15 is 0 Å². The maximum Gasteiger partial charge on any atom is 0.148 e. The zero-order chi connectivity index (χ0) is 10.7. The smallest absolute Gasteiger partial charge is 0.148 e. The van der Waals surface area contributed by atoms with E-state index in [0.717, 1.165) is 5.01 Å². The summed E-state index contributed by atoms with van der Waals surface area (Å²) in [6, 6.07) is 4.18. The van der Waals surface area contributed by atoms with E-state index in [0.29, 0.717) is 5.75 Å². The van der Waals surface area contributed by atoms with E-state index in [-0.39, 0.29) is 11.5 Å². The third kappa shape index (κ3) is 2.00. The Bertz CT molecular complexity index is 354. The summed E-state index contributed by atoms with van der Waals surface area (Å²) in [4.78, 5) is 0. The molecule has 0 atom stereocenters. The molecule has 0 radical (unpaired) electrons. The van der Waals surface area contributed by atoms with Crippen LogP contribution < -0.4 is 15.6 Å². The minimum absolute atomic E-state index is 0.0529. The second-order valence-electron chi connectivity index (χ2n) is 2.77. The van der Waals surface area contributed by atoms with Gasteiger partial charge in [-0.15, -0.1) is 0 Å². The number of amidine groups is 1. The number of benzene rings is 1. The highest BCUT2D eigenvalue weighted by atomic mass is 19.1. The lowest BCUT2D eigenvalue weighted by atomic mass is 10.2. The van der Waals surface area contributed by atoms with Crippen LogP contribution in [0.15, 0.2) is 18.2 Å². The van der Waals surface area contributed by atoms with E-state index in [1.54, 1.807) is 0 Å². The highest BCUT2D eigenvalue weighted by molar-refractivity contribution is 5.92. The zero-order valence-corrected chi connectivity index (χ0v) is 8.04. The molecule has 0 aliphatic carbocycles. The SMILES string of the molecule is COc1ccc(F)c(N(N)C(C)=N)c1. The normalized spacial score (nSPS) is 9.71. The maximum absolute atomic E-state index is 13.2. The number of ether oxygens (including phenoxy) is 1. The molecule has 0 fully saturated rings. The molecular formula is C9H12FN3O. The first kappa shape index (κ1) is 10.5. The molecule has 0 spiro atoms. The van der Waals surface area contributed by atoms with Crippen LogP contribution in [0, 0.1) is 11.2 Å². The van der Waals surface area contributed by atoms with Crippen LogP contribution in [0.5, 0.6) is 5.75 Å². The predicted molar refractivity (Wildman–Crippen MR) is 53.0 cm³/mol. The lowest BCUT2D eigenvalue weighted by Gasteiger charge is -2.17. The molecule has 1 aromatic carbocycles. The van der Waals surface area contributed by atoms with E-state index in [1.165, 1.54) is 32.2 Å². The van der Waals surface area contributed by atoms with Crippen molar-refractivity contribution in [2.24, 2.45) is 5.84 Å². The van der Waals surface area contributed by atoms with Crippen molar-refractivity contribution in [2.45, 2.75) is 6.92 Å². The Balaban J connectivity index is 3.11. The van der Waals surface area contributed by atoms with Gasteiger partial charge in [0.05, 0.1) is 12.8 Å². The van der Waals surface area contributed by atoms with Crippen molar-refractivity contribution in [3.8, 4) is 5.75 Å². The van der Waals surface area contributed by atoms with Crippen molar-refractivity contribution >= 4 is 11.5 Å². The number of nitrogens with two attached hydrogens (primary N) is 1. The average Bonchev–Trinajstić information content (AvgIpc) is 2.17. The van der Waals surface area contributed by atoms with Crippen LogP contribution in [0.3, 0.4) is 0 Å². The first-order valence-corrected chi connectivity index (χ1v) is 3.99. The first-order chi connectivity index (χ1) is 6.56. The number of halogens is 1. The van der Waals surface area contributed by atoms with Crippen LogP contribution in [-0.2, 0) is 0 Å². The van der Waals surface area contributed by atoms with Gasteiger partial charge in [-0.2, -0.15) is 0 Å². The standard InChI is InChI=1S/C9H12FN3O/c1-6(11)13(12)9-5-7(14-2)3-4-8(9)10/h3-5,11H,12H2,1-2H3. The number of methoxy groups -OCH3 is 1. The molecular weight excluding hydrogens is 185 g/mol. The Morgan fingerprint density at radius 3 is 2.71 bits per heavy atom. The molecule has 14 heavy (non-hydrogen) atoms. The molecule has 0 aliphatic heterocycles. The van der Waals surface area contributed by atoms with E-state index in [2.05, 4.69) is 0 Å². The van der Waals surface area contributed by atoms with Crippen LogP contribution in [0.2, 0.25) is 0 Å². The third-order valence-electron chi connectivity index (χ3n) is 1.77. The van der Waals surface area contributed by atoms with Gasteiger partial charge in [0.2, 0.25) is 0 Å². The highest BCUT2D eigenvalue weighted by Crippen LogP contribution is 2.23. The molecule has 0 bridgehead atoms. The second kappa shape index (κ2) is 4.06. The van der Waals surface area contributed by atoms with Gasteiger partial charge >= 0.3 is 0 Å². The van der Waals surface area contributed by atoms with Gasteiger partial charge in [0.25, 0.3) is 0 Å². The minimum atomic E-state index is -0.486. The fraction of sp³-hybridized carbons (Fsp3) is 0.222. The quantitative estimate of drug-likeness (QED) is 0.327. The second-order valence-corrected chi connectivity index (χ2v) is 2.77. The van der Waals surface area contributed by atoms with Crippen molar-refractivity contribution in [3.05, 3.63) is 24.0 Å². The largest absolute Gasteiger partial charge is 0.497 e. The van der Waals surface area contributed by atoms with E-state index in [4.69, 9.17) is 16.0 Å². The molecule has 0 aromatic heterocycles. The fourth-order valence-corrected chi connectivity index (χ4v) is 0.985. The number of hydrogen-bond donors (Lipinski definition) is 2. The van der Waals surface area contributed by atoms with Gasteiger partial charge < -0.3 is 4.74 Å². The number of hydrogen-bond acceptors (Lipinski definition) is 3. The number of nitrogens with one attached hydrogen (secondary N) is 1. The summed E-state index contributed by atoms with van der Waals surface area (Å²) in [7, 11) is 1.48. The lowest BCUT2D eigenvalue weighted by Crippen LogP contribution is -2.35. The molecule has 76 valence electrons. The number of anilines is 1. The Kier molecular flexibility index (Phi) is 3.03. The first-order valence-electron chi connectivity index (χ1n) is 3.99. The van der Waals surface area contributed by atoms with E-state index < -0.39 is 5.82 Å². The molecule has 1 rings (SSSR count). The van der Waals surface area contributed by atoms with Gasteiger partial charge in [0, 0.05) is 6.07 Å². The van der Waals surface area contributed by atoms with Crippen LogP contribution in [0.25, 0.3) is 0 Å². The number of hydrazine groups is 1. The molecule has 5 heteroatoms. The Morgan fingerprint density at radius 2 is 2.21 bits per heavy atom. The fourth-order valence-electron chi connectivity index (χ4n) is 0.985. The van der Waals surface area contributed by atoms with Gasteiger partial charge in [-0.1, -0.05) is 0 Å². The van der Waals surface area contributed by atoms with Gasteiger partial charge in [0.1, 0.15) is 17.4 Å². The van der Waals surface area contributed by atoms with Crippen LogP contribution in [0.4, 0.5) is 10.1 Å². The lowest BCUT2D eigenvalue weighted by molar-refractivity contribution is 0.414. The summed E-state index contributed by atoms with van der Waals surface area (Å²) in [6.45, 7) is 1.47. The predicted octanol–water partition coefficient (Wildman–Crippen LogP) is 1.51. The summed E-state index contributed by atoms with van der Waals surface area (Å²) in [5.74, 6) is 5.54. The van der Waals surface area contributed by atoms with Gasteiger partial charge in [-0.05, 0) is 19.1 Å². The number of nitrogens with zero attached hydrogens (tertiary/aromatic N) is 1. The summed E-state index contributed by atoms with van der Waals surface area (Å²) in [6.07, 6.45) is 0. The van der Waals surface area contributed by atoms with Gasteiger partial charge in [0.15, 0.2) is 0 Å².